The van der Waals surface area contributed by atoms with Gasteiger partial charge in [0.15, 0.2) is 11.6 Å². The lowest BCUT2D eigenvalue weighted by Gasteiger charge is -2.58. The van der Waals surface area contributed by atoms with Crippen LogP contribution in [0.5, 0.6) is 0 Å². The van der Waals surface area contributed by atoms with Crippen LogP contribution in [0.4, 0.5) is 10.2 Å². The van der Waals surface area contributed by atoms with E-state index in [-0.39, 0.29) is 16.5 Å². The third-order valence-electron chi connectivity index (χ3n) is 10.8. The lowest BCUT2D eigenvalue weighted by Crippen LogP contribution is -2.66. The fourth-order valence-corrected chi connectivity index (χ4v) is 8.54. The average molecular weight is 635 g/mol. The number of likely N-dealkylation sites (tertiary alicyclic amines) is 1. The summed E-state index contributed by atoms with van der Waals surface area (Å²) >= 11 is 6.35. The minimum atomic E-state index is -0.417. The van der Waals surface area contributed by atoms with Gasteiger partial charge in [0, 0.05) is 88.6 Å². The Labute approximate surface area is 270 Å². The summed E-state index contributed by atoms with van der Waals surface area (Å²) < 4.78 is 26.1. The quantitative estimate of drug-likeness (QED) is 0.236. The fraction of sp³-hybridized carbons (Fsp3) is 0.600. The molecule has 0 radical (unpaired) electrons. The van der Waals surface area contributed by atoms with Crippen LogP contribution in [0.1, 0.15) is 74.4 Å². The van der Waals surface area contributed by atoms with E-state index in [0.717, 1.165) is 92.2 Å². The maximum Gasteiger partial charge on any atom is 0.244 e. The van der Waals surface area contributed by atoms with Crippen LogP contribution in [0, 0.1) is 30.0 Å². The molecule has 7 rings (SSSR count). The number of benzene rings is 1. The molecule has 4 aliphatic rings. The molecular formula is C35H44ClFN6O2. The van der Waals surface area contributed by atoms with E-state index in [2.05, 4.69) is 44.9 Å². The summed E-state index contributed by atoms with van der Waals surface area (Å²) in [6, 6.07) is 7.70. The summed E-state index contributed by atoms with van der Waals surface area (Å²) in [7, 11) is 3.50. The Morgan fingerprint density at radius 1 is 1.04 bits per heavy atom. The van der Waals surface area contributed by atoms with Crippen molar-refractivity contribution in [3.63, 3.8) is 0 Å². The molecule has 0 unspecified atom stereocenters. The second kappa shape index (κ2) is 11.8. The monoisotopic (exact) mass is 634 g/mol. The fourth-order valence-electron chi connectivity index (χ4n) is 8.42. The van der Waals surface area contributed by atoms with Gasteiger partial charge in [0.2, 0.25) is 5.28 Å². The lowest BCUT2D eigenvalue weighted by atomic mass is 9.67. The average Bonchev–Trinajstić information content (AvgIpc) is 3.74. The highest BCUT2D eigenvalue weighted by atomic mass is 35.5. The van der Waals surface area contributed by atoms with Gasteiger partial charge in [-0.3, -0.25) is 9.88 Å². The van der Waals surface area contributed by atoms with E-state index in [9.17, 15) is 4.39 Å². The summed E-state index contributed by atoms with van der Waals surface area (Å²) in [6.07, 6.45) is 7.68. The highest BCUT2D eigenvalue weighted by Gasteiger charge is 2.56. The molecule has 240 valence electrons. The van der Waals surface area contributed by atoms with Crippen molar-refractivity contribution in [1.29, 1.82) is 0 Å². The van der Waals surface area contributed by atoms with Crippen molar-refractivity contribution in [2.45, 2.75) is 77.0 Å². The van der Waals surface area contributed by atoms with Gasteiger partial charge in [-0.25, -0.2) is 4.39 Å². The number of rotatable bonds is 10. The van der Waals surface area contributed by atoms with Crippen LogP contribution in [-0.4, -0.2) is 77.3 Å². The Kier molecular flexibility index (Phi) is 8.12. The number of methoxy groups -OCH3 is 2. The minimum Gasteiger partial charge on any atom is -0.354 e. The van der Waals surface area contributed by atoms with Crippen LogP contribution in [0.25, 0.3) is 11.1 Å². The van der Waals surface area contributed by atoms with Gasteiger partial charge in [-0.05, 0) is 90.4 Å². The molecular weight excluding hydrogens is 591 g/mol. The van der Waals surface area contributed by atoms with Crippen LogP contribution in [-0.2, 0) is 15.9 Å². The van der Waals surface area contributed by atoms with Crippen molar-refractivity contribution in [3.05, 3.63) is 64.1 Å². The molecule has 10 heteroatoms. The number of aryl methyl sites for hydroxylation is 1. The Morgan fingerprint density at radius 3 is 2.49 bits per heavy atom. The Balaban J connectivity index is 1.10. The molecule has 2 aromatic heterocycles. The Morgan fingerprint density at radius 2 is 1.80 bits per heavy atom. The molecule has 0 N–H and O–H groups in total. The van der Waals surface area contributed by atoms with Crippen molar-refractivity contribution in [1.82, 2.24) is 25.1 Å². The SMILES string of the molecule is COC1(OC)CC([C@H](C(C)C)N2CC3(CCN(c4nc(Cl)nnc4Cc4ccc(F)cc4-c4cnc(C)cc4C4CC4)C3)C2)C1. The molecule has 1 atom stereocenters. The smallest absolute Gasteiger partial charge is 0.244 e. The molecule has 2 saturated carbocycles. The van der Waals surface area contributed by atoms with Crippen LogP contribution >= 0.6 is 11.6 Å². The molecule has 45 heavy (non-hydrogen) atoms. The van der Waals surface area contributed by atoms with Crippen LogP contribution in [0.15, 0.2) is 30.5 Å². The van der Waals surface area contributed by atoms with Gasteiger partial charge in [0.25, 0.3) is 0 Å². The Bertz CT molecular complexity index is 1560. The molecule has 3 aromatic rings. The third kappa shape index (κ3) is 5.86. The molecule has 0 amide bonds. The number of hydrogen-bond acceptors (Lipinski definition) is 8. The van der Waals surface area contributed by atoms with E-state index in [0.29, 0.717) is 30.2 Å². The van der Waals surface area contributed by atoms with E-state index < -0.39 is 5.79 Å². The first kappa shape index (κ1) is 30.9. The first-order valence-corrected chi connectivity index (χ1v) is 16.7. The van der Waals surface area contributed by atoms with Crippen molar-refractivity contribution >= 4 is 17.4 Å². The predicted octanol–water partition coefficient (Wildman–Crippen LogP) is 6.44. The minimum absolute atomic E-state index is 0.146. The van der Waals surface area contributed by atoms with E-state index in [1.807, 2.05) is 19.2 Å². The zero-order chi connectivity index (χ0) is 31.5. The van der Waals surface area contributed by atoms with Crippen LogP contribution < -0.4 is 4.90 Å². The predicted molar refractivity (Wildman–Crippen MR) is 173 cm³/mol. The van der Waals surface area contributed by atoms with Gasteiger partial charge >= 0.3 is 0 Å². The standard InChI is InChI=1S/C35H44ClFN6O2/c1-21(2)31(25-15-35(16-25,44-4)45-5)43-19-34(20-43)10-11-42(18-34)32-30(40-41-33(36)39-32)13-24-8-9-26(37)14-28(24)29-17-38-22(3)12-27(29)23-6-7-23/h8-9,12,14,17,21,23,25,31H,6-7,10-11,13,15-16,18-20H2,1-5H3/t31-/m0/s1. The molecule has 2 aliphatic carbocycles. The lowest BCUT2D eigenvalue weighted by molar-refractivity contribution is -0.282. The molecule has 2 aliphatic heterocycles. The summed E-state index contributed by atoms with van der Waals surface area (Å²) in [5, 5.41) is 8.85. The van der Waals surface area contributed by atoms with E-state index >= 15 is 0 Å². The first-order valence-electron chi connectivity index (χ1n) is 16.4. The van der Waals surface area contributed by atoms with Crippen molar-refractivity contribution < 1.29 is 13.9 Å². The first-order chi connectivity index (χ1) is 21.6. The summed E-state index contributed by atoms with van der Waals surface area (Å²) in [5.41, 5.74) is 6.07. The van der Waals surface area contributed by atoms with E-state index in [1.165, 1.54) is 11.6 Å². The zero-order valence-corrected chi connectivity index (χ0v) is 27.8. The largest absolute Gasteiger partial charge is 0.354 e. The molecule has 8 nitrogen and oxygen atoms in total. The van der Waals surface area contributed by atoms with Crippen molar-refractivity contribution in [2.24, 2.45) is 17.3 Å². The van der Waals surface area contributed by atoms with E-state index in [4.69, 9.17) is 26.1 Å². The second-order valence-corrected chi connectivity index (χ2v) is 14.7. The van der Waals surface area contributed by atoms with Crippen LogP contribution in [0.2, 0.25) is 5.28 Å². The summed E-state index contributed by atoms with van der Waals surface area (Å²) in [5.74, 6) is 1.75. The molecule has 1 aromatic carbocycles. The number of hydrogen-bond donors (Lipinski definition) is 0. The second-order valence-electron chi connectivity index (χ2n) is 14.3. The van der Waals surface area contributed by atoms with Gasteiger partial charge < -0.3 is 14.4 Å². The molecule has 4 heterocycles. The van der Waals surface area contributed by atoms with Gasteiger partial charge in [-0.2, -0.15) is 4.98 Å². The highest BCUT2D eigenvalue weighted by Crippen LogP contribution is 2.50. The number of nitrogens with zero attached hydrogens (tertiary/aromatic N) is 6. The zero-order valence-electron chi connectivity index (χ0n) is 27.0. The number of ether oxygens (including phenoxy) is 2. The number of pyridine rings is 1. The number of aromatic nitrogens is 4. The van der Waals surface area contributed by atoms with Gasteiger partial charge in [-0.15, -0.1) is 10.2 Å². The maximum atomic E-state index is 14.7. The maximum absolute atomic E-state index is 14.7. The van der Waals surface area contributed by atoms with Crippen molar-refractivity contribution in [2.75, 3.05) is 45.3 Å². The topological polar surface area (TPSA) is 76.5 Å². The summed E-state index contributed by atoms with van der Waals surface area (Å²) in [4.78, 5) is 14.3. The van der Waals surface area contributed by atoms with Crippen LogP contribution in [0.3, 0.4) is 0 Å². The molecule has 4 fully saturated rings. The van der Waals surface area contributed by atoms with E-state index in [1.54, 1.807) is 20.3 Å². The third-order valence-corrected chi connectivity index (χ3v) is 11.0. The molecule has 1 spiro atoms. The molecule has 2 saturated heterocycles. The highest BCUT2D eigenvalue weighted by molar-refractivity contribution is 6.28. The number of anilines is 1. The van der Waals surface area contributed by atoms with Gasteiger partial charge in [0.1, 0.15) is 11.5 Å². The Hall–Kier alpha value is -2.72. The van der Waals surface area contributed by atoms with Gasteiger partial charge in [0.05, 0.1) is 0 Å². The van der Waals surface area contributed by atoms with Gasteiger partial charge in [-0.1, -0.05) is 19.9 Å². The summed E-state index contributed by atoms with van der Waals surface area (Å²) in [6.45, 7) is 10.6. The molecule has 0 bridgehead atoms. The normalized spacial score (nSPS) is 21.7. The van der Waals surface area contributed by atoms with Crippen molar-refractivity contribution in [3.8, 4) is 11.1 Å². The number of halogens is 2.